The first-order chi connectivity index (χ1) is 19.3. The minimum absolute atomic E-state index is 0.261. The Bertz CT molecular complexity index is 1270. The van der Waals surface area contributed by atoms with Crippen molar-refractivity contribution in [2.24, 2.45) is 11.1 Å². The van der Waals surface area contributed by atoms with Gasteiger partial charge in [-0.1, -0.05) is 57.1 Å². The number of primary sulfonamides is 1. The first kappa shape index (κ1) is 30.1. The van der Waals surface area contributed by atoms with E-state index in [4.69, 9.17) is 15.0 Å². The lowest BCUT2D eigenvalue weighted by molar-refractivity contribution is -0.124. The van der Waals surface area contributed by atoms with E-state index in [2.05, 4.69) is 11.4 Å². The first-order valence-electron chi connectivity index (χ1n) is 14.8. The van der Waals surface area contributed by atoms with E-state index in [0.29, 0.717) is 6.42 Å². The summed E-state index contributed by atoms with van der Waals surface area (Å²) in [7, 11) is -1.97. The van der Waals surface area contributed by atoms with E-state index in [9.17, 15) is 13.2 Å². The third-order valence-electron chi connectivity index (χ3n) is 7.99. The fourth-order valence-electron chi connectivity index (χ4n) is 5.57. The Kier molecular flexibility index (Phi) is 11.0. The quantitative estimate of drug-likeness (QED) is 0.272. The molecule has 218 valence electrons. The molecule has 0 bridgehead atoms. The zero-order valence-electron chi connectivity index (χ0n) is 23.7. The van der Waals surface area contributed by atoms with Gasteiger partial charge in [-0.25, -0.2) is 18.2 Å². The Morgan fingerprint density at radius 1 is 1.05 bits per heavy atom. The lowest BCUT2D eigenvalue weighted by Gasteiger charge is -2.16. The van der Waals surface area contributed by atoms with Gasteiger partial charge in [0, 0.05) is 18.0 Å². The molecule has 0 spiro atoms. The Labute approximate surface area is 239 Å². The van der Waals surface area contributed by atoms with Crippen LogP contribution in [0, 0.1) is 5.92 Å². The van der Waals surface area contributed by atoms with Crippen LogP contribution in [0.25, 0.3) is 17.0 Å². The van der Waals surface area contributed by atoms with Crippen molar-refractivity contribution in [3.8, 4) is 17.0 Å². The van der Waals surface area contributed by atoms with Crippen LogP contribution in [-0.2, 0) is 21.2 Å². The molecule has 8 nitrogen and oxygen atoms in total. The molecule has 0 aliphatic heterocycles. The number of sulfonamides is 1. The summed E-state index contributed by atoms with van der Waals surface area (Å²) < 4.78 is 30.7. The van der Waals surface area contributed by atoms with E-state index in [1.165, 1.54) is 32.1 Å². The molecule has 2 aliphatic carbocycles. The van der Waals surface area contributed by atoms with Gasteiger partial charge in [0.25, 0.3) is 0 Å². The van der Waals surface area contributed by atoms with Crippen LogP contribution in [0.1, 0.15) is 82.7 Å². The largest absolute Gasteiger partial charge is 0.497 e. The molecular weight excluding hydrogens is 524 g/mol. The van der Waals surface area contributed by atoms with Gasteiger partial charge in [0.15, 0.2) is 0 Å². The summed E-state index contributed by atoms with van der Waals surface area (Å²) in [5, 5.41) is 12.7. The van der Waals surface area contributed by atoms with Gasteiger partial charge >= 0.3 is 0 Å². The number of hydrogen-bond acceptors (Lipinski definition) is 5. The Hall–Kier alpha value is -2.91. The second-order valence-electron chi connectivity index (χ2n) is 11.0. The molecule has 9 heteroatoms. The van der Waals surface area contributed by atoms with Crippen LogP contribution in [-0.4, -0.2) is 43.0 Å². The number of nitrogens with two attached hydrogens (primary N) is 1. The highest BCUT2D eigenvalue weighted by Gasteiger charge is 2.23. The molecule has 1 atom stereocenters. The van der Waals surface area contributed by atoms with Gasteiger partial charge in [-0.3, -0.25) is 4.79 Å². The first-order valence-corrected chi connectivity index (χ1v) is 16.4. The minimum atomic E-state index is -3.62. The summed E-state index contributed by atoms with van der Waals surface area (Å²) >= 11 is 0. The van der Waals surface area contributed by atoms with Crippen molar-refractivity contribution in [1.82, 2.24) is 15.1 Å². The van der Waals surface area contributed by atoms with Crippen LogP contribution in [0.15, 0.2) is 48.6 Å². The zero-order valence-corrected chi connectivity index (χ0v) is 24.5. The highest BCUT2D eigenvalue weighted by molar-refractivity contribution is 7.89. The number of carbonyl (C=O) groups is 1. The van der Waals surface area contributed by atoms with E-state index < -0.39 is 15.3 Å². The molecule has 1 fully saturated rings. The zero-order chi connectivity index (χ0) is 28.4. The molecule has 1 aromatic carbocycles. The lowest BCUT2D eigenvalue weighted by Crippen LogP contribution is -2.30. The Morgan fingerprint density at radius 2 is 1.73 bits per heavy atom. The normalized spacial score (nSPS) is 17.6. The van der Waals surface area contributed by atoms with E-state index in [1.807, 2.05) is 35.0 Å². The average Bonchev–Trinajstić information content (AvgIpc) is 3.65. The van der Waals surface area contributed by atoms with Gasteiger partial charge in [0.2, 0.25) is 15.9 Å². The molecule has 1 unspecified atom stereocenters. The maximum Gasteiger partial charge on any atom is 0.223 e. The van der Waals surface area contributed by atoms with Crippen LogP contribution < -0.4 is 15.2 Å². The molecule has 1 aromatic heterocycles. The molecule has 0 saturated heterocycles. The molecule has 1 heterocycles. The standard InChI is InChI=1S/C31H44N4O4S/c1-39-28-18-14-24(15-19-28)30-23-26(34-35(30)27-16-20-29(21-17-27)40(32,37)38)13-7-5-3-2-4-6-10-22-33-31(36)25-11-8-9-12-25/h14-20,23,25,29H,2-13,21-22H2,1H3,(H,33,36)(H2,32,37,38). The number of ether oxygens (including phenoxy) is 1. The predicted octanol–water partition coefficient (Wildman–Crippen LogP) is 5.60. The molecule has 4 rings (SSSR count). The number of hydrogen-bond donors (Lipinski definition) is 2. The van der Waals surface area contributed by atoms with Gasteiger partial charge in [0.05, 0.1) is 29.4 Å². The van der Waals surface area contributed by atoms with Crippen LogP contribution in [0.2, 0.25) is 0 Å². The molecule has 0 radical (unpaired) electrons. The third kappa shape index (κ3) is 8.54. The summed E-state index contributed by atoms with van der Waals surface area (Å²) in [5.41, 5.74) is 3.84. The third-order valence-corrected chi connectivity index (χ3v) is 9.18. The van der Waals surface area contributed by atoms with Crippen LogP contribution in [0.4, 0.5) is 0 Å². The smallest absolute Gasteiger partial charge is 0.223 e. The number of allylic oxidation sites excluding steroid dienone is 3. The van der Waals surface area contributed by atoms with Gasteiger partial charge < -0.3 is 10.1 Å². The SMILES string of the molecule is COc1ccc(-c2cc(CCCCCCCCCNC(=O)C3CCCC3)nn2C2=CCC(S(N)(=O)=O)C=C2)cc1. The molecule has 2 aromatic rings. The Balaban J connectivity index is 1.24. The van der Waals surface area contributed by atoms with Crippen molar-refractivity contribution >= 4 is 21.6 Å². The number of rotatable bonds is 15. The summed E-state index contributed by atoms with van der Waals surface area (Å²) in [6, 6.07) is 10.0. The molecule has 40 heavy (non-hydrogen) atoms. The average molecular weight is 569 g/mol. The second-order valence-corrected chi connectivity index (χ2v) is 12.8. The number of methoxy groups -OCH3 is 1. The maximum absolute atomic E-state index is 12.1. The molecule has 1 saturated carbocycles. The fraction of sp³-hybridized carbons (Fsp3) is 0.548. The highest BCUT2D eigenvalue weighted by Crippen LogP contribution is 2.29. The summed E-state index contributed by atoms with van der Waals surface area (Å²) in [5.74, 6) is 1.31. The summed E-state index contributed by atoms with van der Waals surface area (Å²) in [4.78, 5) is 12.1. The summed E-state index contributed by atoms with van der Waals surface area (Å²) in [6.07, 6.45) is 19.1. The van der Waals surface area contributed by atoms with Gasteiger partial charge in [0.1, 0.15) is 5.75 Å². The molecular formula is C31H44N4O4S. The maximum atomic E-state index is 12.1. The Morgan fingerprint density at radius 3 is 2.35 bits per heavy atom. The van der Waals surface area contributed by atoms with Gasteiger partial charge in [-0.05, 0) is 74.9 Å². The number of amides is 1. The van der Waals surface area contributed by atoms with Crippen molar-refractivity contribution in [1.29, 1.82) is 0 Å². The van der Waals surface area contributed by atoms with Crippen LogP contribution in [0.5, 0.6) is 5.75 Å². The lowest BCUT2D eigenvalue weighted by atomic mass is 10.1. The van der Waals surface area contributed by atoms with Crippen molar-refractivity contribution in [2.75, 3.05) is 13.7 Å². The second kappa shape index (κ2) is 14.6. The monoisotopic (exact) mass is 568 g/mol. The number of nitrogens with zero attached hydrogens (tertiary/aromatic N) is 2. The number of aryl methyl sites for hydroxylation is 1. The van der Waals surface area contributed by atoms with E-state index in [0.717, 1.165) is 79.9 Å². The number of benzene rings is 1. The minimum Gasteiger partial charge on any atom is -0.497 e. The topological polar surface area (TPSA) is 116 Å². The van der Waals surface area contributed by atoms with Crippen LogP contribution >= 0.6 is 0 Å². The molecule has 1 amide bonds. The van der Waals surface area contributed by atoms with Crippen molar-refractivity contribution in [3.05, 3.63) is 54.3 Å². The number of carbonyl (C=O) groups excluding carboxylic acids is 1. The van der Waals surface area contributed by atoms with Crippen molar-refractivity contribution in [2.45, 2.75) is 88.7 Å². The predicted molar refractivity (Wildman–Crippen MR) is 160 cm³/mol. The number of aromatic nitrogens is 2. The summed E-state index contributed by atoms with van der Waals surface area (Å²) in [6.45, 7) is 0.808. The molecule has 3 N–H and O–H groups in total. The number of nitrogens with one attached hydrogen (secondary N) is 1. The number of unbranched alkanes of at least 4 members (excludes halogenated alkanes) is 6. The molecule has 2 aliphatic rings. The van der Waals surface area contributed by atoms with Crippen molar-refractivity contribution < 1.29 is 17.9 Å². The fourth-order valence-corrected chi connectivity index (χ4v) is 6.23. The van der Waals surface area contributed by atoms with E-state index >= 15 is 0 Å². The van der Waals surface area contributed by atoms with E-state index in [-0.39, 0.29) is 11.8 Å². The van der Waals surface area contributed by atoms with Crippen molar-refractivity contribution in [3.63, 3.8) is 0 Å². The van der Waals surface area contributed by atoms with Crippen LogP contribution in [0.3, 0.4) is 0 Å². The van der Waals surface area contributed by atoms with E-state index in [1.54, 1.807) is 19.3 Å². The van der Waals surface area contributed by atoms with Gasteiger partial charge in [-0.15, -0.1) is 0 Å². The van der Waals surface area contributed by atoms with Gasteiger partial charge in [-0.2, -0.15) is 5.10 Å². The highest BCUT2D eigenvalue weighted by atomic mass is 32.2.